The molecular formula is C19H24F2IN5O2S. The minimum atomic E-state index is -3.71. The van der Waals surface area contributed by atoms with E-state index in [2.05, 4.69) is 15.6 Å². The number of nitrogens with one attached hydrogen (secondary N) is 2. The van der Waals surface area contributed by atoms with Gasteiger partial charge in [0.25, 0.3) is 0 Å². The van der Waals surface area contributed by atoms with E-state index in [1.165, 1.54) is 24.3 Å². The predicted octanol–water partition coefficient (Wildman–Crippen LogP) is 2.17. The molecule has 1 aliphatic rings. The van der Waals surface area contributed by atoms with Crippen molar-refractivity contribution in [2.75, 3.05) is 25.0 Å². The minimum absolute atomic E-state index is 0. The number of nitrogens with zero attached hydrogens (tertiary/aromatic N) is 2. The van der Waals surface area contributed by atoms with Crippen molar-refractivity contribution in [3.05, 3.63) is 59.7 Å². The number of sulfonamides is 1. The molecule has 1 unspecified atom stereocenters. The van der Waals surface area contributed by atoms with E-state index in [0.717, 1.165) is 18.1 Å². The number of halogens is 3. The van der Waals surface area contributed by atoms with E-state index in [4.69, 9.17) is 5.14 Å². The van der Waals surface area contributed by atoms with E-state index in [1.54, 1.807) is 19.2 Å². The van der Waals surface area contributed by atoms with Gasteiger partial charge in [-0.3, -0.25) is 4.99 Å². The minimum Gasteiger partial charge on any atom is -0.367 e. The maximum atomic E-state index is 14.0. The quantitative estimate of drug-likeness (QED) is 0.301. The Hall–Kier alpha value is -1.99. The molecule has 30 heavy (non-hydrogen) atoms. The highest BCUT2D eigenvalue weighted by atomic mass is 127. The zero-order valence-electron chi connectivity index (χ0n) is 16.3. The molecule has 2 aromatic carbocycles. The molecule has 0 radical (unpaired) electrons. The molecule has 0 aliphatic carbocycles. The van der Waals surface area contributed by atoms with Gasteiger partial charge >= 0.3 is 0 Å². The Morgan fingerprint density at radius 2 is 1.93 bits per heavy atom. The standard InChI is InChI=1S/C19H23F2N5O2S.HI/c1-23-19(24-11-13-2-5-16(6-3-13)29(22,27)28)25-15-8-9-26(12-15)18-7-4-14(20)10-17(18)21;/h2-7,10,15H,8-9,11-12H2,1H3,(H2,22,27,28)(H2,23,24,25);1H. The number of aliphatic imine (C=N–C) groups is 1. The molecule has 2 aromatic rings. The van der Waals surface area contributed by atoms with Gasteiger partial charge in [0.1, 0.15) is 11.6 Å². The number of hydrogen-bond acceptors (Lipinski definition) is 4. The van der Waals surface area contributed by atoms with Crippen molar-refractivity contribution < 1.29 is 17.2 Å². The Morgan fingerprint density at radius 1 is 1.23 bits per heavy atom. The lowest BCUT2D eigenvalue weighted by molar-refractivity contribution is 0.580. The van der Waals surface area contributed by atoms with Gasteiger partial charge in [-0.05, 0) is 36.2 Å². The monoisotopic (exact) mass is 551 g/mol. The molecular weight excluding hydrogens is 527 g/mol. The third kappa shape index (κ3) is 6.25. The zero-order valence-corrected chi connectivity index (χ0v) is 19.5. The van der Waals surface area contributed by atoms with Crippen LogP contribution in [0.15, 0.2) is 52.4 Å². The summed E-state index contributed by atoms with van der Waals surface area (Å²) in [5.41, 5.74) is 1.25. The molecule has 0 bridgehead atoms. The van der Waals surface area contributed by atoms with Crippen LogP contribution >= 0.6 is 24.0 Å². The van der Waals surface area contributed by atoms with Crippen LogP contribution in [0.5, 0.6) is 0 Å². The number of anilines is 1. The van der Waals surface area contributed by atoms with Gasteiger partial charge in [0, 0.05) is 38.8 Å². The topological polar surface area (TPSA) is 99.8 Å². The maximum absolute atomic E-state index is 14.0. The average molecular weight is 551 g/mol. The van der Waals surface area contributed by atoms with E-state index in [1.807, 2.05) is 4.90 Å². The second-order valence-corrected chi connectivity index (χ2v) is 8.35. The van der Waals surface area contributed by atoms with Crippen LogP contribution in [0.4, 0.5) is 14.5 Å². The second kappa shape index (κ2) is 10.4. The molecule has 3 rings (SSSR count). The van der Waals surface area contributed by atoms with Crippen molar-refractivity contribution in [3.8, 4) is 0 Å². The van der Waals surface area contributed by atoms with Gasteiger partial charge in [-0.15, -0.1) is 24.0 Å². The number of primary sulfonamides is 1. The highest BCUT2D eigenvalue weighted by Gasteiger charge is 2.25. The number of nitrogens with two attached hydrogens (primary N) is 1. The van der Waals surface area contributed by atoms with Crippen LogP contribution in [0.1, 0.15) is 12.0 Å². The van der Waals surface area contributed by atoms with Crippen molar-refractivity contribution in [2.45, 2.75) is 23.9 Å². The lowest BCUT2D eigenvalue weighted by atomic mass is 10.2. The first-order valence-corrected chi connectivity index (χ1v) is 10.6. The summed E-state index contributed by atoms with van der Waals surface area (Å²) in [6.07, 6.45) is 0.778. The van der Waals surface area contributed by atoms with Crippen LogP contribution in [-0.4, -0.2) is 40.6 Å². The van der Waals surface area contributed by atoms with Crippen molar-refractivity contribution in [1.29, 1.82) is 0 Å². The average Bonchev–Trinajstić information content (AvgIpc) is 3.13. The van der Waals surface area contributed by atoms with Gasteiger partial charge in [0.05, 0.1) is 10.6 Å². The fourth-order valence-electron chi connectivity index (χ4n) is 3.21. The third-order valence-electron chi connectivity index (χ3n) is 4.71. The predicted molar refractivity (Wildman–Crippen MR) is 124 cm³/mol. The van der Waals surface area contributed by atoms with Crippen LogP contribution in [-0.2, 0) is 16.6 Å². The van der Waals surface area contributed by atoms with Crippen LogP contribution in [0.3, 0.4) is 0 Å². The number of guanidine groups is 1. The molecule has 0 saturated carbocycles. The van der Waals surface area contributed by atoms with Crippen molar-refractivity contribution in [3.63, 3.8) is 0 Å². The fourth-order valence-corrected chi connectivity index (χ4v) is 3.72. The van der Waals surface area contributed by atoms with Gasteiger partial charge in [0.15, 0.2) is 5.96 Å². The molecule has 164 valence electrons. The molecule has 4 N–H and O–H groups in total. The van der Waals surface area contributed by atoms with Crippen molar-refractivity contribution >= 4 is 45.6 Å². The molecule has 1 heterocycles. The molecule has 1 saturated heterocycles. The third-order valence-corrected chi connectivity index (χ3v) is 5.64. The Balaban J connectivity index is 0.00000320. The van der Waals surface area contributed by atoms with E-state index in [0.29, 0.717) is 31.3 Å². The largest absolute Gasteiger partial charge is 0.367 e. The summed E-state index contributed by atoms with van der Waals surface area (Å²) in [6, 6.07) is 9.89. The zero-order chi connectivity index (χ0) is 21.0. The van der Waals surface area contributed by atoms with Crippen molar-refractivity contribution in [1.82, 2.24) is 10.6 Å². The maximum Gasteiger partial charge on any atom is 0.238 e. The molecule has 0 amide bonds. The fraction of sp³-hybridized carbons (Fsp3) is 0.316. The van der Waals surface area contributed by atoms with Crippen LogP contribution in [0, 0.1) is 11.6 Å². The smallest absolute Gasteiger partial charge is 0.238 e. The molecule has 1 aliphatic heterocycles. The Labute approximate surface area is 191 Å². The molecule has 1 atom stereocenters. The first-order valence-electron chi connectivity index (χ1n) is 9.05. The normalized spacial score (nSPS) is 16.9. The first kappa shape index (κ1) is 24.3. The molecule has 7 nitrogen and oxygen atoms in total. The van der Waals surface area contributed by atoms with Gasteiger partial charge in [0.2, 0.25) is 10.0 Å². The molecule has 1 fully saturated rings. The second-order valence-electron chi connectivity index (χ2n) is 6.79. The van der Waals surface area contributed by atoms with Gasteiger partial charge in [-0.25, -0.2) is 22.3 Å². The van der Waals surface area contributed by atoms with Crippen LogP contribution in [0.25, 0.3) is 0 Å². The van der Waals surface area contributed by atoms with E-state index in [9.17, 15) is 17.2 Å². The molecule has 11 heteroatoms. The summed E-state index contributed by atoms with van der Waals surface area (Å²) in [6.45, 7) is 1.64. The lowest BCUT2D eigenvalue weighted by Crippen LogP contribution is -2.44. The Morgan fingerprint density at radius 3 is 2.53 bits per heavy atom. The van der Waals surface area contributed by atoms with Crippen molar-refractivity contribution in [2.24, 2.45) is 10.1 Å². The Bertz CT molecular complexity index is 1000. The molecule has 0 aromatic heterocycles. The number of benzene rings is 2. The summed E-state index contributed by atoms with van der Waals surface area (Å²) >= 11 is 0. The highest BCUT2D eigenvalue weighted by Crippen LogP contribution is 2.24. The molecule has 0 spiro atoms. The van der Waals surface area contributed by atoms with E-state index < -0.39 is 21.7 Å². The summed E-state index contributed by atoms with van der Waals surface area (Å²) in [7, 11) is -2.07. The van der Waals surface area contributed by atoms with E-state index >= 15 is 0 Å². The van der Waals surface area contributed by atoms with Crippen LogP contribution in [0.2, 0.25) is 0 Å². The number of rotatable bonds is 5. The Kier molecular flexibility index (Phi) is 8.38. The first-order chi connectivity index (χ1) is 13.8. The summed E-state index contributed by atoms with van der Waals surface area (Å²) in [5.74, 6) is -0.593. The van der Waals surface area contributed by atoms with Gasteiger partial charge in [-0.1, -0.05) is 12.1 Å². The summed E-state index contributed by atoms with van der Waals surface area (Å²) in [5, 5.41) is 11.5. The van der Waals surface area contributed by atoms with E-state index in [-0.39, 0.29) is 34.9 Å². The van der Waals surface area contributed by atoms with Crippen LogP contribution < -0.4 is 20.7 Å². The van der Waals surface area contributed by atoms with Gasteiger partial charge in [-0.2, -0.15) is 0 Å². The van der Waals surface area contributed by atoms with Gasteiger partial charge < -0.3 is 15.5 Å². The highest BCUT2D eigenvalue weighted by molar-refractivity contribution is 14.0. The number of hydrogen-bond donors (Lipinski definition) is 3. The summed E-state index contributed by atoms with van der Waals surface area (Å²) < 4.78 is 49.7. The summed E-state index contributed by atoms with van der Waals surface area (Å²) in [4.78, 5) is 6.11. The lowest BCUT2D eigenvalue weighted by Gasteiger charge is -2.21. The SMILES string of the molecule is CN=C(NCc1ccc(S(N)(=O)=O)cc1)NC1CCN(c2ccc(F)cc2F)C1.I.